The van der Waals surface area contributed by atoms with Gasteiger partial charge < -0.3 is 14.5 Å². The number of likely N-dealkylation sites (N-methyl/N-ethyl adjacent to an activating group) is 1. The van der Waals surface area contributed by atoms with E-state index in [2.05, 4.69) is 83.9 Å². The molecule has 1 fully saturated rings. The number of aryl methyl sites for hydroxylation is 1. The van der Waals surface area contributed by atoms with Crippen molar-refractivity contribution in [3.63, 3.8) is 0 Å². The standard InChI is InChI=1S/C36H51F3IN3O3/c1-8-11-27-12-9-10-13-31(27)34(28-14-16-30(17-15-28)46-36(37,38)39)41(7)24-32(35(4,5)6)43(21-19-40)33(45)22-29-18-20-42(26(3)44)23-25(29)2/h9-10,12-17,25,29,32,34H,8,11,18-24H2,1-7H3/t25-,29?,32-,34?/m1/s1. The largest absolute Gasteiger partial charge is 0.573 e. The maximum atomic E-state index is 14.2. The third kappa shape index (κ3) is 10.6. The summed E-state index contributed by atoms with van der Waals surface area (Å²) in [5.74, 6) is 0.410. The Morgan fingerprint density at radius 1 is 1.09 bits per heavy atom. The smallest absolute Gasteiger partial charge is 0.406 e. The zero-order valence-electron chi connectivity index (χ0n) is 28.4. The number of piperidine rings is 1. The molecule has 2 aromatic carbocycles. The number of likely N-dealkylation sites (tertiary alicyclic amines) is 1. The second-order valence-corrected chi connectivity index (χ2v) is 14.8. The normalized spacial score (nSPS) is 18.7. The molecule has 0 aliphatic carbocycles. The Kier molecular flexibility index (Phi) is 13.8. The van der Waals surface area contributed by atoms with Crippen LogP contribution in [0.1, 0.15) is 83.5 Å². The molecular weight excluding hydrogens is 706 g/mol. The van der Waals surface area contributed by atoms with Gasteiger partial charge in [-0.1, -0.05) is 100 Å². The molecule has 256 valence electrons. The third-order valence-electron chi connectivity index (χ3n) is 9.19. The van der Waals surface area contributed by atoms with Gasteiger partial charge >= 0.3 is 6.36 Å². The molecule has 0 aromatic heterocycles. The predicted octanol–water partition coefficient (Wildman–Crippen LogP) is 8.13. The van der Waals surface area contributed by atoms with Crippen LogP contribution in [0.25, 0.3) is 0 Å². The number of ether oxygens (including phenoxy) is 1. The van der Waals surface area contributed by atoms with E-state index in [4.69, 9.17) is 0 Å². The van der Waals surface area contributed by atoms with Gasteiger partial charge in [-0.25, -0.2) is 0 Å². The number of rotatable bonds is 13. The van der Waals surface area contributed by atoms with E-state index in [1.807, 2.05) is 24.1 Å². The zero-order chi connectivity index (χ0) is 34.2. The van der Waals surface area contributed by atoms with Gasteiger partial charge in [0.25, 0.3) is 0 Å². The Balaban J connectivity index is 1.96. The maximum Gasteiger partial charge on any atom is 0.573 e. The fourth-order valence-electron chi connectivity index (χ4n) is 6.71. The van der Waals surface area contributed by atoms with Gasteiger partial charge in [0, 0.05) is 50.0 Å². The summed E-state index contributed by atoms with van der Waals surface area (Å²) in [6.07, 6.45) is -1.67. The van der Waals surface area contributed by atoms with Crippen LogP contribution in [0.5, 0.6) is 5.75 Å². The Hall–Kier alpha value is -2.34. The number of amides is 2. The molecule has 1 aliphatic heterocycles. The highest BCUT2D eigenvalue weighted by Crippen LogP contribution is 2.36. The molecule has 0 spiro atoms. The molecule has 6 nitrogen and oxygen atoms in total. The van der Waals surface area contributed by atoms with Gasteiger partial charge in [0.1, 0.15) is 5.75 Å². The molecule has 3 rings (SSSR count). The lowest BCUT2D eigenvalue weighted by Gasteiger charge is -2.45. The van der Waals surface area contributed by atoms with Gasteiger partial charge in [0.05, 0.1) is 6.04 Å². The first-order chi connectivity index (χ1) is 21.6. The van der Waals surface area contributed by atoms with Crippen LogP contribution < -0.4 is 4.74 Å². The van der Waals surface area contributed by atoms with Gasteiger partial charge in [-0.2, -0.15) is 0 Å². The van der Waals surface area contributed by atoms with Crippen molar-refractivity contribution in [2.45, 2.75) is 85.7 Å². The van der Waals surface area contributed by atoms with Gasteiger partial charge in [0.2, 0.25) is 11.8 Å². The number of nitrogens with zero attached hydrogens (tertiary/aromatic N) is 3. The molecule has 2 unspecified atom stereocenters. The molecule has 1 aliphatic rings. The van der Waals surface area contributed by atoms with Crippen molar-refractivity contribution in [1.29, 1.82) is 0 Å². The summed E-state index contributed by atoms with van der Waals surface area (Å²) >= 11 is 2.33. The Morgan fingerprint density at radius 2 is 1.74 bits per heavy atom. The zero-order valence-corrected chi connectivity index (χ0v) is 30.5. The van der Waals surface area contributed by atoms with Crippen molar-refractivity contribution in [3.8, 4) is 5.75 Å². The summed E-state index contributed by atoms with van der Waals surface area (Å²) in [6, 6.07) is 14.0. The maximum absolute atomic E-state index is 14.2. The number of carbonyl (C=O) groups excluding carboxylic acids is 2. The average Bonchev–Trinajstić information content (AvgIpc) is 2.96. The molecule has 1 heterocycles. The fourth-order valence-corrected chi connectivity index (χ4v) is 7.23. The molecule has 2 aromatic rings. The first-order valence-electron chi connectivity index (χ1n) is 16.3. The van der Waals surface area contributed by atoms with Gasteiger partial charge in [-0.05, 0) is 66.0 Å². The molecular formula is C36H51F3IN3O3. The van der Waals surface area contributed by atoms with E-state index in [1.54, 1.807) is 19.1 Å². The molecule has 2 amide bonds. The molecule has 1 saturated heterocycles. The minimum Gasteiger partial charge on any atom is -0.406 e. The third-order valence-corrected chi connectivity index (χ3v) is 9.67. The Labute approximate surface area is 287 Å². The number of carbonyl (C=O) groups is 2. The molecule has 0 saturated carbocycles. The van der Waals surface area contributed by atoms with Gasteiger partial charge in [-0.15, -0.1) is 13.2 Å². The van der Waals surface area contributed by atoms with E-state index in [0.717, 1.165) is 34.8 Å². The van der Waals surface area contributed by atoms with E-state index in [9.17, 15) is 22.8 Å². The lowest BCUT2D eigenvalue weighted by atomic mass is 9.82. The first kappa shape index (κ1) is 38.1. The quantitative estimate of drug-likeness (QED) is 0.153. The number of alkyl halides is 4. The Morgan fingerprint density at radius 3 is 2.28 bits per heavy atom. The minimum atomic E-state index is -4.76. The summed E-state index contributed by atoms with van der Waals surface area (Å²) in [6.45, 7) is 14.9. The highest BCUT2D eigenvalue weighted by Gasteiger charge is 2.38. The number of halogens is 4. The average molecular weight is 758 g/mol. The summed E-state index contributed by atoms with van der Waals surface area (Å²) < 4.78 is 43.8. The van der Waals surface area contributed by atoms with Gasteiger partial charge in [0.15, 0.2) is 0 Å². The number of hydrogen-bond acceptors (Lipinski definition) is 4. The fraction of sp³-hybridized carbons (Fsp3) is 0.611. The van der Waals surface area contributed by atoms with Crippen LogP contribution in [0.2, 0.25) is 0 Å². The molecule has 46 heavy (non-hydrogen) atoms. The summed E-state index contributed by atoms with van der Waals surface area (Å²) in [7, 11) is 2.04. The van der Waals surface area contributed by atoms with Crippen LogP contribution >= 0.6 is 22.6 Å². The molecule has 4 atom stereocenters. The van der Waals surface area contributed by atoms with Crippen LogP contribution in [-0.4, -0.2) is 76.6 Å². The molecule has 0 N–H and O–H groups in total. The summed E-state index contributed by atoms with van der Waals surface area (Å²) in [4.78, 5) is 32.3. The summed E-state index contributed by atoms with van der Waals surface area (Å²) in [5, 5.41) is 0. The van der Waals surface area contributed by atoms with Crippen LogP contribution in [0, 0.1) is 17.3 Å². The lowest BCUT2D eigenvalue weighted by molar-refractivity contribution is -0.274. The molecule has 10 heteroatoms. The van der Waals surface area contributed by atoms with Crippen molar-refractivity contribution in [2.24, 2.45) is 17.3 Å². The van der Waals surface area contributed by atoms with Crippen LogP contribution in [-0.2, 0) is 16.0 Å². The van der Waals surface area contributed by atoms with Crippen LogP contribution in [0.15, 0.2) is 48.5 Å². The van der Waals surface area contributed by atoms with Crippen molar-refractivity contribution in [3.05, 3.63) is 65.2 Å². The number of hydrogen-bond donors (Lipinski definition) is 0. The SMILES string of the molecule is CCCc1ccccc1C(c1ccc(OC(F)(F)F)cc1)N(C)C[C@@H](N(CCI)C(=O)CC1CCN(C(C)=O)C[C@H]1C)C(C)(C)C. The second kappa shape index (κ2) is 16.7. The predicted molar refractivity (Wildman–Crippen MR) is 186 cm³/mol. The Bertz CT molecular complexity index is 1280. The highest BCUT2D eigenvalue weighted by molar-refractivity contribution is 14.1. The second-order valence-electron chi connectivity index (χ2n) is 13.8. The van der Waals surface area contributed by atoms with Gasteiger partial charge in [-0.3, -0.25) is 14.5 Å². The molecule has 0 bridgehead atoms. The minimum absolute atomic E-state index is 0.0802. The van der Waals surface area contributed by atoms with Crippen molar-refractivity contribution in [1.82, 2.24) is 14.7 Å². The summed E-state index contributed by atoms with van der Waals surface area (Å²) in [5.41, 5.74) is 2.89. The van der Waals surface area contributed by atoms with E-state index in [-0.39, 0.29) is 46.9 Å². The van der Waals surface area contributed by atoms with E-state index in [1.165, 1.54) is 17.7 Å². The number of benzene rings is 2. The van der Waals surface area contributed by atoms with Crippen molar-refractivity contribution in [2.75, 3.05) is 37.7 Å². The highest BCUT2D eigenvalue weighted by atomic mass is 127. The van der Waals surface area contributed by atoms with Crippen molar-refractivity contribution < 1.29 is 27.5 Å². The van der Waals surface area contributed by atoms with Crippen molar-refractivity contribution >= 4 is 34.4 Å². The lowest BCUT2D eigenvalue weighted by Crippen LogP contribution is -2.54. The van der Waals surface area contributed by atoms with E-state index < -0.39 is 6.36 Å². The van der Waals surface area contributed by atoms with E-state index >= 15 is 0 Å². The monoisotopic (exact) mass is 757 g/mol. The molecule has 0 radical (unpaired) electrons. The van der Waals surface area contributed by atoms with Crippen LogP contribution in [0.4, 0.5) is 13.2 Å². The van der Waals surface area contributed by atoms with Crippen LogP contribution in [0.3, 0.4) is 0 Å². The van der Waals surface area contributed by atoms with E-state index in [0.29, 0.717) is 32.6 Å². The topological polar surface area (TPSA) is 53.1 Å². The first-order valence-corrected chi connectivity index (χ1v) is 17.8.